The molecule has 0 saturated carbocycles. The van der Waals surface area contributed by atoms with Crippen LogP contribution in [0.15, 0.2) is 36.4 Å². The molecule has 0 aliphatic rings. The zero-order chi connectivity index (χ0) is 15.4. The van der Waals surface area contributed by atoms with E-state index in [0.717, 1.165) is 11.3 Å². The molecule has 0 bridgehead atoms. The number of anilines is 2. The summed E-state index contributed by atoms with van der Waals surface area (Å²) in [4.78, 5) is 11.9. The minimum absolute atomic E-state index is 0.0510. The van der Waals surface area contributed by atoms with Crippen molar-refractivity contribution < 1.29 is 4.79 Å². The number of hydrogen-bond acceptors (Lipinski definition) is 2. The number of amides is 1. The Morgan fingerprint density at radius 1 is 1.10 bits per heavy atom. The van der Waals surface area contributed by atoms with Crippen LogP contribution in [0, 0.1) is 6.92 Å². The summed E-state index contributed by atoms with van der Waals surface area (Å²) < 4.78 is 0. The van der Waals surface area contributed by atoms with Crippen LogP contribution in [0.4, 0.5) is 11.4 Å². The fourth-order valence-electron chi connectivity index (χ4n) is 1.79. The van der Waals surface area contributed by atoms with Gasteiger partial charge in [0.05, 0.1) is 22.3 Å². The number of rotatable bonds is 4. The predicted octanol–water partition coefficient (Wildman–Crippen LogP) is 5.01. The number of carbonyl (C=O) groups is 1. The molecule has 0 aliphatic heterocycles. The molecule has 2 N–H and O–H groups in total. The van der Waals surface area contributed by atoms with Gasteiger partial charge in [0.1, 0.15) is 0 Å². The maximum Gasteiger partial charge on any atom is 0.243 e. The van der Waals surface area contributed by atoms with Crippen molar-refractivity contribution >= 4 is 52.1 Å². The van der Waals surface area contributed by atoms with E-state index in [1.54, 1.807) is 12.1 Å². The summed E-state index contributed by atoms with van der Waals surface area (Å²) in [6, 6.07) is 10.7. The molecular formula is C15H13Cl3N2O. The summed E-state index contributed by atoms with van der Waals surface area (Å²) in [7, 11) is 0. The van der Waals surface area contributed by atoms with Crippen molar-refractivity contribution in [2.24, 2.45) is 0 Å². The molecule has 21 heavy (non-hydrogen) atoms. The zero-order valence-corrected chi connectivity index (χ0v) is 13.5. The van der Waals surface area contributed by atoms with E-state index in [1.807, 2.05) is 31.2 Å². The second-order valence-corrected chi connectivity index (χ2v) is 5.71. The number of aryl methyl sites for hydroxylation is 1. The molecule has 1 amide bonds. The van der Waals surface area contributed by atoms with Crippen LogP contribution in [0.25, 0.3) is 0 Å². The lowest BCUT2D eigenvalue weighted by Gasteiger charge is -2.12. The SMILES string of the molecule is Cc1ccccc1NC(=O)CNc1c(Cl)cc(Cl)cc1Cl. The molecule has 110 valence electrons. The highest BCUT2D eigenvalue weighted by molar-refractivity contribution is 6.41. The minimum Gasteiger partial charge on any atom is -0.374 e. The lowest BCUT2D eigenvalue weighted by molar-refractivity contribution is -0.114. The molecule has 2 aromatic rings. The Balaban J connectivity index is 2.01. The van der Waals surface area contributed by atoms with E-state index in [0.29, 0.717) is 20.8 Å². The molecular weight excluding hydrogens is 331 g/mol. The molecule has 0 aliphatic carbocycles. The quantitative estimate of drug-likeness (QED) is 0.819. The van der Waals surface area contributed by atoms with Gasteiger partial charge < -0.3 is 10.6 Å². The molecule has 2 aromatic carbocycles. The lowest BCUT2D eigenvalue weighted by Crippen LogP contribution is -2.22. The highest BCUT2D eigenvalue weighted by atomic mass is 35.5. The number of nitrogens with one attached hydrogen (secondary N) is 2. The first-order valence-electron chi connectivity index (χ1n) is 6.21. The van der Waals surface area contributed by atoms with Crippen molar-refractivity contribution in [3.05, 3.63) is 57.0 Å². The summed E-state index contributed by atoms with van der Waals surface area (Å²) in [5.74, 6) is -0.189. The molecule has 0 saturated heterocycles. The van der Waals surface area contributed by atoms with E-state index in [1.165, 1.54) is 0 Å². The van der Waals surface area contributed by atoms with Crippen LogP contribution in [-0.2, 0) is 4.79 Å². The molecule has 0 atom stereocenters. The fourth-order valence-corrected chi connectivity index (χ4v) is 2.74. The smallest absolute Gasteiger partial charge is 0.243 e. The number of hydrogen-bond donors (Lipinski definition) is 2. The van der Waals surface area contributed by atoms with E-state index < -0.39 is 0 Å². The molecule has 0 fully saturated rings. The van der Waals surface area contributed by atoms with Gasteiger partial charge in [-0.1, -0.05) is 53.0 Å². The topological polar surface area (TPSA) is 41.1 Å². The summed E-state index contributed by atoms with van der Waals surface area (Å²) >= 11 is 17.9. The van der Waals surface area contributed by atoms with Crippen molar-refractivity contribution in [2.45, 2.75) is 6.92 Å². The van der Waals surface area contributed by atoms with E-state index in [9.17, 15) is 4.79 Å². The second-order valence-electron chi connectivity index (χ2n) is 4.46. The van der Waals surface area contributed by atoms with Crippen LogP contribution in [0.2, 0.25) is 15.1 Å². The van der Waals surface area contributed by atoms with Crippen molar-refractivity contribution in [1.29, 1.82) is 0 Å². The van der Waals surface area contributed by atoms with Gasteiger partial charge in [-0.25, -0.2) is 0 Å². The largest absolute Gasteiger partial charge is 0.374 e. The Morgan fingerprint density at radius 2 is 1.71 bits per heavy atom. The Kier molecular flexibility index (Phi) is 5.34. The lowest BCUT2D eigenvalue weighted by atomic mass is 10.2. The average Bonchev–Trinajstić information content (AvgIpc) is 2.40. The van der Waals surface area contributed by atoms with E-state index in [-0.39, 0.29) is 12.5 Å². The zero-order valence-electron chi connectivity index (χ0n) is 11.2. The third-order valence-electron chi connectivity index (χ3n) is 2.85. The van der Waals surface area contributed by atoms with Gasteiger partial charge in [-0.15, -0.1) is 0 Å². The molecule has 2 rings (SSSR count). The van der Waals surface area contributed by atoms with Gasteiger partial charge in [-0.05, 0) is 30.7 Å². The third-order valence-corrected chi connectivity index (χ3v) is 3.67. The molecule has 0 aromatic heterocycles. The van der Waals surface area contributed by atoms with Gasteiger partial charge in [-0.3, -0.25) is 4.79 Å². The van der Waals surface area contributed by atoms with E-state index in [4.69, 9.17) is 34.8 Å². The van der Waals surface area contributed by atoms with Crippen molar-refractivity contribution in [3.8, 4) is 0 Å². The first kappa shape index (κ1) is 16.0. The first-order chi connectivity index (χ1) is 9.97. The van der Waals surface area contributed by atoms with Crippen LogP contribution in [0.3, 0.4) is 0 Å². The molecule has 3 nitrogen and oxygen atoms in total. The second kappa shape index (κ2) is 7.03. The normalized spacial score (nSPS) is 10.3. The van der Waals surface area contributed by atoms with Gasteiger partial charge in [-0.2, -0.15) is 0 Å². The maximum absolute atomic E-state index is 11.9. The number of carbonyl (C=O) groups excluding carboxylic acids is 1. The molecule has 0 heterocycles. The summed E-state index contributed by atoms with van der Waals surface area (Å²) in [6.45, 7) is 1.98. The average molecular weight is 344 g/mol. The Labute approximate surface area is 138 Å². The molecule has 6 heteroatoms. The number of para-hydroxylation sites is 1. The van der Waals surface area contributed by atoms with Gasteiger partial charge >= 0.3 is 0 Å². The molecule has 0 unspecified atom stereocenters. The summed E-state index contributed by atoms with van der Waals surface area (Å²) in [5.41, 5.74) is 2.26. The number of benzene rings is 2. The summed E-state index contributed by atoms with van der Waals surface area (Å²) in [6.07, 6.45) is 0. The van der Waals surface area contributed by atoms with Gasteiger partial charge in [0.25, 0.3) is 0 Å². The van der Waals surface area contributed by atoms with E-state index in [2.05, 4.69) is 10.6 Å². The monoisotopic (exact) mass is 342 g/mol. The van der Waals surface area contributed by atoms with Crippen molar-refractivity contribution in [3.63, 3.8) is 0 Å². The van der Waals surface area contributed by atoms with Crippen LogP contribution < -0.4 is 10.6 Å². The Morgan fingerprint density at radius 3 is 2.33 bits per heavy atom. The van der Waals surface area contributed by atoms with Crippen molar-refractivity contribution in [1.82, 2.24) is 0 Å². The van der Waals surface area contributed by atoms with Gasteiger partial charge in [0.2, 0.25) is 5.91 Å². The van der Waals surface area contributed by atoms with Gasteiger partial charge in [0.15, 0.2) is 0 Å². The molecule has 0 spiro atoms. The van der Waals surface area contributed by atoms with E-state index >= 15 is 0 Å². The van der Waals surface area contributed by atoms with Crippen LogP contribution in [-0.4, -0.2) is 12.5 Å². The van der Waals surface area contributed by atoms with Gasteiger partial charge in [0, 0.05) is 10.7 Å². The minimum atomic E-state index is -0.189. The van der Waals surface area contributed by atoms with Crippen LogP contribution in [0.5, 0.6) is 0 Å². The van der Waals surface area contributed by atoms with Crippen LogP contribution >= 0.6 is 34.8 Å². The maximum atomic E-state index is 11.9. The van der Waals surface area contributed by atoms with Crippen LogP contribution in [0.1, 0.15) is 5.56 Å². The highest BCUT2D eigenvalue weighted by Gasteiger charge is 2.10. The Bertz CT molecular complexity index is 651. The predicted molar refractivity (Wildman–Crippen MR) is 89.8 cm³/mol. The van der Waals surface area contributed by atoms with Crippen molar-refractivity contribution in [2.75, 3.05) is 17.2 Å². The Hall–Kier alpha value is -1.42. The fraction of sp³-hybridized carbons (Fsp3) is 0.133. The third kappa shape index (κ3) is 4.27. The number of halogens is 3. The standard InChI is InChI=1S/C15H13Cl3N2O/c1-9-4-2-3-5-13(9)20-14(21)8-19-15-11(17)6-10(16)7-12(15)18/h2-7,19H,8H2,1H3,(H,20,21). The first-order valence-corrected chi connectivity index (χ1v) is 7.34. The molecule has 0 radical (unpaired) electrons. The summed E-state index contributed by atoms with van der Waals surface area (Å²) in [5, 5.41) is 6.92. The highest BCUT2D eigenvalue weighted by Crippen LogP contribution is 2.33.